The van der Waals surface area contributed by atoms with Crippen molar-refractivity contribution in [3.8, 4) is 0 Å². The van der Waals surface area contributed by atoms with Crippen LogP contribution < -0.4 is 5.32 Å². The van der Waals surface area contributed by atoms with Gasteiger partial charge in [0, 0.05) is 12.6 Å². The smallest absolute Gasteiger partial charge is 0.407 e. The number of hydrogen-bond donors (Lipinski definition) is 2. The molecule has 0 radical (unpaired) electrons. The molecular formula is C11H22N2O2. The third-order valence-electron chi connectivity index (χ3n) is 2.64. The predicted molar refractivity (Wildman–Crippen MR) is 60.1 cm³/mol. The molecular weight excluding hydrogens is 192 g/mol. The Morgan fingerprint density at radius 3 is 2.33 bits per heavy atom. The average Bonchev–Trinajstić information content (AvgIpc) is 2.14. The molecule has 1 aliphatic heterocycles. The topological polar surface area (TPSA) is 52.6 Å². The molecule has 0 atom stereocenters. The van der Waals surface area contributed by atoms with Crippen molar-refractivity contribution in [2.75, 3.05) is 19.6 Å². The van der Waals surface area contributed by atoms with Gasteiger partial charge in [-0.1, -0.05) is 20.8 Å². The van der Waals surface area contributed by atoms with Gasteiger partial charge < -0.3 is 15.3 Å². The lowest BCUT2D eigenvalue weighted by molar-refractivity contribution is 0.0913. The Hall–Kier alpha value is -0.770. The zero-order valence-corrected chi connectivity index (χ0v) is 9.92. The summed E-state index contributed by atoms with van der Waals surface area (Å²) in [4.78, 5) is 12.8. The molecule has 0 aromatic rings. The van der Waals surface area contributed by atoms with E-state index in [0.29, 0.717) is 6.54 Å². The second kappa shape index (κ2) is 4.84. The first kappa shape index (κ1) is 12.3. The average molecular weight is 214 g/mol. The summed E-state index contributed by atoms with van der Waals surface area (Å²) in [5.41, 5.74) is 0.0310. The third-order valence-corrected chi connectivity index (χ3v) is 2.64. The highest BCUT2D eigenvalue weighted by atomic mass is 16.4. The quantitative estimate of drug-likeness (QED) is 0.736. The summed E-state index contributed by atoms with van der Waals surface area (Å²) in [5.74, 6) is 0. The maximum atomic E-state index is 11.2. The highest BCUT2D eigenvalue weighted by Crippen LogP contribution is 2.20. The van der Waals surface area contributed by atoms with Crippen LogP contribution in [0.3, 0.4) is 0 Å². The Kier molecular flexibility index (Phi) is 3.97. The molecule has 1 rings (SSSR count). The third kappa shape index (κ3) is 4.08. The van der Waals surface area contributed by atoms with Crippen molar-refractivity contribution < 1.29 is 9.90 Å². The zero-order chi connectivity index (χ0) is 11.5. The van der Waals surface area contributed by atoms with Crippen molar-refractivity contribution >= 4 is 6.09 Å². The fourth-order valence-corrected chi connectivity index (χ4v) is 1.98. The van der Waals surface area contributed by atoms with Gasteiger partial charge in [-0.25, -0.2) is 4.79 Å². The fraction of sp³-hybridized carbons (Fsp3) is 0.909. The maximum absolute atomic E-state index is 11.2. The van der Waals surface area contributed by atoms with E-state index in [9.17, 15) is 9.90 Å². The summed E-state index contributed by atoms with van der Waals surface area (Å²) in [6.45, 7) is 8.70. The molecule has 4 nitrogen and oxygen atoms in total. The van der Waals surface area contributed by atoms with Gasteiger partial charge in [-0.15, -0.1) is 0 Å². The van der Waals surface area contributed by atoms with Gasteiger partial charge in [0.2, 0.25) is 0 Å². The van der Waals surface area contributed by atoms with Crippen molar-refractivity contribution in [3.63, 3.8) is 0 Å². The monoisotopic (exact) mass is 214 g/mol. The summed E-state index contributed by atoms with van der Waals surface area (Å²) < 4.78 is 0. The van der Waals surface area contributed by atoms with E-state index in [1.54, 1.807) is 4.90 Å². The fourth-order valence-electron chi connectivity index (χ4n) is 1.98. The second-order valence-electron chi connectivity index (χ2n) is 5.45. The molecule has 0 saturated carbocycles. The predicted octanol–water partition coefficient (Wildman–Crippen LogP) is 1.76. The first-order chi connectivity index (χ1) is 6.90. The van der Waals surface area contributed by atoms with E-state index < -0.39 is 6.09 Å². The number of nitrogens with one attached hydrogen (secondary N) is 1. The molecule has 1 saturated heterocycles. The van der Waals surface area contributed by atoms with Gasteiger partial charge in [0.05, 0.1) is 0 Å². The molecule has 0 unspecified atom stereocenters. The summed E-state index contributed by atoms with van der Waals surface area (Å²) in [6.07, 6.45) is 1.09. The molecule has 4 heteroatoms. The van der Waals surface area contributed by atoms with Crippen LogP contribution in [-0.2, 0) is 0 Å². The number of amides is 1. The molecule has 0 aliphatic carbocycles. The van der Waals surface area contributed by atoms with Crippen molar-refractivity contribution in [2.45, 2.75) is 39.7 Å². The Balaban J connectivity index is 2.60. The van der Waals surface area contributed by atoms with Crippen LogP contribution in [0.25, 0.3) is 0 Å². The van der Waals surface area contributed by atoms with E-state index in [4.69, 9.17) is 0 Å². The molecule has 1 fully saturated rings. The van der Waals surface area contributed by atoms with Crippen molar-refractivity contribution in [1.82, 2.24) is 10.2 Å². The van der Waals surface area contributed by atoms with Crippen LogP contribution in [0.1, 0.15) is 33.6 Å². The molecule has 88 valence electrons. The lowest BCUT2D eigenvalue weighted by Crippen LogP contribution is -2.48. The zero-order valence-electron chi connectivity index (χ0n) is 9.92. The van der Waals surface area contributed by atoms with Gasteiger partial charge >= 0.3 is 6.09 Å². The number of nitrogens with zero attached hydrogens (tertiary/aromatic N) is 1. The Labute approximate surface area is 91.6 Å². The van der Waals surface area contributed by atoms with E-state index in [0.717, 1.165) is 25.9 Å². The summed E-state index contributed by atoms with van der Waals surface area (Å²) in [6, 6.07) is 0.197. The van der Waals surface area contributed by atoms with Crippen LogP contribution >= 0.6 is 0 Å². The highest BCUT2D eigenvalue weighted by Gasteiger charge is 2.28. The number of carboxylic acid groups (broad SMARTS) is 1. The van der Waals surface area contributed by atoms with Crippen LogP contribution in [0.15, 0.2) is 0 Å². The Bertz CT molecular complexity index is 217. The molecule has 1 aliphatic rings. The minimum atomic E-state index is -0.781. The van der Waals surface area contributed by atoms with Crippen LogP contribution in [0, 0.1) is 5.41 Å². The molecule has 2 N–H and O–H groups in total. The number of carbonyl (C=O) groups is 1. The van der Waals surface area contributed by atoms with E-state index in [1.165, 1.54) is 0 Å². The molecule has 0 aromatic heterocycles. The van der Waals surface area contributed by atoms with E-state index >= 15 is 0 Å². The van der Waals surface area contributed by atoms with Crippen molar-refractivity contribution in [3.05, 3.63) is 0 Å². The normalized spacial score (nSPS) is 18.9. The van der Waals surface area contributed by atoms with Gasteiger partial charge in [0.1, 0.15) is 0 Å². The van der Waals surface area contributed by atoms with Gasteiger partial charge in [-0.3, -0.25) is 0 Å². The molecule has 15 heavy (non-hydrogen) atoms. The lowest BCUT2D eigenvalue weighted by Gasteiger charge is -2.36. The van der Waals surface area contributed by atoms with Crippen LogP contribution in [0.5, 0.6) is 0 Å². The van der Waals surface area contributed by atoms with Gasteiger partial charge in [0.15, 0.2) is 0 Å². The SMILES string of the molecule is CC(C)(C)CN(C(=O)O)C1CCNCC1. The van der Waals surface area contributed by atoms with Gasteiger partial charge in [-0.05, 0) is 31.3 Å². The Morgan fingerprint density at radius 2 is 1.93 bits per heavy atom. The van der Waals surface area contributed by atoms with Crippen molar-refractivity contribution in [1.29, 1.82) is 0 Å². The van der Waals surface area contributed by atoms with Crippen molar-refractivity contribution in [2.24, 2.45) is 5.41 Å². The minimum absolute atomic E-state index is 0.0310. The molecule has 1 heterocycles. The maximum Gasteiger partial charge on any atom is 0.407 e. The second-order valence-corrected chi connectivity index (χ2v) is 5.45. The summed E-state index contributed by atoms with van der Waals surface area (Å²) >= 11 is 0. The standard InChI is InChI=1S/C11H22N2O2/c1-11(2,3)8-13(10(14)15)9-4-6-12-7-5-9/h9,12H,4-8H2,1-3H3,(H,14,15). The number of piperidine rings is 1. The van der Waals surface area contributed by atoms with E-state index in [1.807, 2.05) is 0 Å². The first-order valence-electron chi connectivity index (χ1n) is 5.60. The largest absolute Gasteiger partial charge is 0.465 e. The molecule has 0 aromatic carbocycles. The lowest BCUT2D eigenvalue weighted by atomic mass is 9.94. The van der Waals surface area contributed by atoms with Crippen LogP contribution in [0.2, 0.25) is 0 Å². The van der Waals surface area contributed by atoms with Gasteiger partial charge in [0.25, 0.3) is 0 Å². The van der Waals surface area contributed by atoms with E-state index in [2.05, 4.69) is 26.1 Å². The molecule has 0 bridgehead atoms. The summed E-state index contributed by atoms with van der Waals surface area (Å²) in [5, 5.41) is 12.4. The van der Waals surface area contributed by atoms with Gasteiger partial charge in [-0.2, -0.15) is 0 Å². The number of hydrogen-bond acceptors (Lipinski definition) is 2. The van der Waals surface area contributed by atoms with Crippen LogP contribution in [0.4, 0.5) is 4.79 Å². The first-order valence-corrected chi connectivity index (χ1v) is 5.60. The Morgan fingerprint density at radius 1 is 1.40 bits per heavy atom. The number of rotatable bonds is 2. The van der Waals surface area contributed by atoms with Crippen LogP contribution in [-0.4, -0.2) is 41.8 Å². The molecule has 1 amide bonds. The minimum Gasteiger partial charge on any atom is -0.465 e. The summed E-state index contributed by atoms with van der Waals surface area (Å²) in [7, 11) is 0. The van der Waals surface area contributed by atoms with E-state index in [-0.39, 0.29) is 11.5 Å². The highest BCUT2D eigenvalue weighted by molar-refractivity contribution is 5.65. The molecule has 0 spiro atoms.